The third-order valence-corrected chi connectivity index (χ3v) is 5.62. The van der Waals surface area contributed by atoms with Gasteiger partial charge in [0.05, 0.1) is 12.5 Å². The number of aryl methyl sites for hydroxylation is 1. The van der Waals surface area contributed by atoms with Gasteiger partial charge in [0.25, 0.3) is 11.5 Å². The monoisotopic (exact) mass is 472 g/mol. The van der Waals surface area contributed by atoms with Crippen molar-refractivity contribution in [1.82, 2.24) is 14.8 Å². The summed E-state index contributed by atoms with van der Waals surface area (Å²) in [4.78, 5) is 30.2. The highest BCUT2D eigenvalue weighted by Crippen LogP contribution is 2.31. The summed E-state index contributed by atoms with van der Waals surface area (Å²) in [5, 5.41) is 8.31. The summed E-state index contributed by atoms with van der Waals surface area (Å²) in [5.41, 5.74) is 1.49. The van der Waals surface area contributed by atoms with E-state index in [9.17, 15) is 9.59 Å². The number of fused-ring (bicyclic) bond motifs is 1. The van der Waals surface area contributed by atoms with E-state index in [1.807, 2.05) is 12.1 Å². The molecule has 0 bridgehead atoms. The van der Waals surface area contributed by atoms with Gasteiger partial charge in [-0.15, -0.1) is 0 Å². The molecule has 0 saturated heterocycles. The Hall–Kier alpha value is -4.20. The second kappa shape index (κ2) is 11.3. The van der Waals surface area contributed by atoms with Crippen molar-refractivity contribution in [3.63, 3.8) is 0 Å². The Kier molecular flexibility index (Phi) is 7.72. The van der Waals surface area contributed by atoms with Crippen molar-refractivity contribution in [3.8, 4) is 11.5 Å². The quantitative estimate of drug-likeness (QED) is 0.333. The van der Waals surface area contributed by atoms with Gasteiger partial charge in [0, 0.05) is 36.1 Å². The molecule has 0 aliphatic rings. The van der Waals surface area contributed by atoms with Crippen molar-refractivity contribution in [1.29, 1.82) is 0 Å². The molecule has 8 heteroatoms. The fourth-order valence-electron chi connectivity index (χ4n) is 3.76. The molecule has 0 aliphatic carbocycles. The van der Waals surface area contributed by atoms with Crippen LogP contribution in [0.1, 0.15) is 42.2 Å². The van der Waals surface area contributed by atoms with Crippen LogP contribution in [0.3, 0.4) is 0 Å². The lowest BCUT2D eigenvalue weighted by Crippen LogP contribution is -2.27. The molecule has 0 spiro atoms. The van der Waals surface area contributed by atoms with Crippen LogP contribution >= 0.6 is 0 Å². The lowest BCUT2D eigenvalue weighted by Gasteiger charge is -2.14. The van der Waals surface area contributed by atoms with Crippen molar-refractivity contribution < 1.29 is 14.3 Å². The Morgan fingerprint density at radius 2 is 1.77 bits per heavy atom. The molecule has 1 N–H and O–H groups in total. The molecule has 2 aromatic heterocycles. The standard InChI is InChI=1S/C27H28N4O4/c1-3-4-7-16-31-27(33)22-9-6-5-8-21(22)25(30-31)26(32)29-20-10-11-23(34-2)24(17-20)35-18-19-12-14-28-15-13-19/h5-6,8-15,17H,3-4,7,16,18H2,1-2H3,(H,29,32). The molecule has 0 fully saturated rings. The number of benzene rings is 2. The first-order valence-electron chi connectivity index (χ1n) is 11.6. The Morgan fingerprint density at radius 3 is 2.51 bits per heavy atom. The summed E-state index contributed by atoms with van der Waals surface area (Å²) >= 11 is 0. The van der Waals surface area contributed by atoms with E-state index in [0.717, 1.165) is 24.8 Å². The lowest BCUT2D eigenvalue weighted by molar-refractivity contribution is 0.102. The maximum absolute atomic E-state index is 13.3. The molecule has 0 atom stereocenters. The smallest absolute Gasteiger partial charge is 0.276 e. The zero-order valence-corrected chi connectivity index (χ0v) is 19.9. The molecule has 8 nitrogen and oxygen atoms in total. The number of aromatic nitrogens is 3. The van der Waals surface area contributed by atoms with E-state index in [4.69, 9.17) is 9.47 Å². The van der Waals surface area contributed by atoms with Gasteiger partial charge in [-0.05, 0) is 42.3 Å². The highest BCUT2D eigenvalue weighted by molar-refractivity contribution is 6.11. The van der Waals surface area contributed by atoms with Gasteiger partial charge in [-0.1, -0.05) is 38.0 Å². The Labute approximate surface area is 203 Å². The number of hydrogen-bond acceptors (Lipinski definition) is 6. The first-order chi connectivity index (χ1) is 17.1. The number of carbonyl (C=O) groups excluding carboxylic acids is 1. The molecular weight excluding hydrogens is 444 g/mol. The molecule has 0 radical (unpaired) electrons. The number of carbonyl (C=O) groups is 1. The Morgan fingerprint density at radius 1 is 1.00 bits per heavy atom. The van der Waals surface area contributed by atoms with Crippen molar-refractivity contribution in [2.24, 2.45) is 0 Å². The van der Waals surface area contributed by atoms with Crippen LogP contribution in [0, 0.1) is 0 Å². The first-order valence-corrected chi connectivity index (χ1v) is 11.6. The molecule has 0 unspecified atom stereocenters. The summed E-state index contributed by atoms with van der Waals surface area (Å²) in [5.74, 6) is 0.630. The van der Waals surface area contributed by atoms with Crippen molar-refractivity contribution in [3.05, 3.63) is 88.6 Å². The molecule has 4 aromatic rings. The SMILES string of the molecule is CCCCCn1nc(C(=O)Nc2ccc(OC)c(OCc3ccncc3)c2)c2ccccc2c1=O. The van der Waals surface area contributed by atoms with E-state index >= 15 is 0 Å². The van der Waals surface area contributed by atoms with Crippen LogP contribution in [0.25, 0.3) is 10.8 Å². The van der Waals surface area contributed by atoms with Crippen molar-refractivity contribution >= 4 is 22.4 Å². The number of ether oxygens (including phenoxy) is 2. The number of nitrogens with one attached hydrogen (secondary N) is 1. The van der Waals surface area contributed by atoms with E-state index in [-0.39, 0.29) is 11.3 Å². The minimum absolute atomic E-state index is 0.190. The second-order valence-electron chi connectivity index (χ2n) is 8.09. The average Bonchev–Trinajstić information content (AvgIpc) is 2.89. The number of rotatable bonds is 10. The maximum atomic E-state index is 13.3. The van der Waals surface area contributed by atoms with Crippen LogP contribution in [-0.2, 0) is 13.2 Å². The van der Waals surface area contributed by atoms with Crippen LogP contribution in [0.2, 0.25) is 0 Å². The van der Waals surface area contributed by atoms with Gasteiger partial charge >= 0.3 is 0 Å². The van der Waals surface area contributed by atoms with E-state index in [1.54, 1.807) is 62.0 Å². The summed E-state index contributed by atoms with van der Waals surface area (Å²) in [6, 6.07) is 15.9. The van der Waals surface area contributed by atoms with Gasteiger partial charge in [-0.2, -0.15) is 5.10 Å². The van der Waals surface area contributed by atoms with Crippen LogP contribution in [0.4, 0.5) is 5.69 Å². The Bertz CT molecular complexity index is 1370. The van der Waals surface area contributed by atoms with E-state index in [2.05, 4.69) is 22.3 Å². The maximum Gasteiger partial charge on any atom is 0.276 e. The topological polar surface area (TPSA) is 95.3 Å². The largest absolute Gasteiger partial charge is 0.493 e. The molecular formula is C27H28N4O4. The first kappa shape index (κ1) is 23.9. The van der Waals surface area contributed by atoms with Gasteiger partial charge in [0.1, 0.15) is 6.61 Å². The summed E-state index contributed by atoms with van der Waals surface area (Å²) in [6.45, 7) is 2.89. The van der Waals surface area contributed by atoms with E-state index in [1.165, 1.54) is 4.68 Å². The van der Waals surface area contributed by atoms with Crippen LogP contribution in [0.15, 0.2) is 71.8 Å². The summed E-state index contributed by atoms with van der Waals surface area (Å²) in [6.07, 6.45) is 6.23. The molecule has 1 amide bonds. The van der Waals surface area contributed by atoms with Gasteiger partial charge in [0.15, 0.2) is 17.2 Å². The molecule has 35 heavy (non-hydrogen) atoms. The molecule has 0 saturated carbocycles. The summed E-state index contributed by atoms with van der Waals surface area (Å²) in [7, 11) is 1.56. The van der Waals surface area contributed by atoms with Gasteiger partial charge < -0.3 is 14.8 Å². The number of methoxy groups -OCH3 is 1. The Balaban J connectivity index is 1.61. The van der Waals surface area contributed by atoms with Crippen LogP contribution in [-0.4, -0.2) is 27.8 Å². The fraction of sp³-hybridized carbons (Fsp3) is 0.259. The minimum atomic E-state index is -0.407. The number of hydrogen-bond donors (Lipinski definition) is 1. The van der Waals surface area contributed by atoms with Gasteiger partial charge in [-0.3, -0.25) is 14.6 Å². The average molecular weight is 473 g/mol. The van der Waals surface area contributed by atoms with Gasteiger partial charge in [0.2, 0.25) is 0 Å². The zero-order valence-electron chi connectivity index (χ0n) is 19.9. The molecule has 4 rings (SSSR count). The minimum Gasteiger partial charge on any atom is -0.493 e. The van der Waals surface area contributed by atoms with Crippen LogP contribution in [0.5, 0.6) is 11.5 Å². The van der Waals surface area contributed by atoms with E-state index in [0.29, 0.717) is 41.1 Å². The van der Waals surface area contributed by atoms with E-state index < -0.39 is 5.91 Å². The predicted octanol–water partition coefficient (Wildman–Crippen LogP) is 4.82. The highest BCUT2D eigenvalue weighted by atomic mass is 16.5. The third-order valence-electron chi connectivity index (χ3n) is 5.62. The fourth-order valence-corrected chi connectivity index (χ4v) is 3.76. The zero-order chi connectivity index (χ0) is 24.6. The predicted molar refractivity (Wildman–Crippen MR) is 135 cm³/mol. The number of anilines is 1. The van der Waals surface area contributed by atoms with Crippen LogP contribution < -0.4 is 20.3 Å². The molecule has 180 valence electrons. The van der Waals surface area contributed by atoms with Crippen molar-refractivity contribution in [2.45, 2.75) is 39.3 Å². The summed E-state index contributed by atoms with van der Waals surface area (Å²) < 4.78 is 12.7. The number of pyridine rings is 1. The van der Waals surface area contributed by atoms with Crippen molar-refractivity contribution in [2.75, 3.05) is 12.4 Å². The highest BCUT2D eigenvalue weighted by Gasteiger charge is 2.18. The molecule has 0 aliphatic heterocycles. The third kappa shape index (κ3) is 5.66. The molecule has 2 aromatic carbocycles. The lowest BCUT2D eigenvalue weighted by atomic mass is 10.1. The number of unbranched alkanes of at least 4 members (excludes halogenated alkanes) is 2. The van der Waals surface area contributed by atoms with Gasteiger partial charge in [-0.25, -0.2) is 4.68 Å². The second-order valence-corrected chi connectivity index (χ2v) is 8.09. The number of nitrogens with zero attached hydrogens (tertiary/aromatic N) is 3. The number of amides is 1. The normalized spacial score (nSPS) is 10.8. The molecule has 2 heterocycles.